The molecule has 5 rings (SSSR count). The molecule has 0 spiro atoms. The Morgan fingerprint density at radius 3 is 2.53 bits per heavy atom. The molecular formula is C25H27ClN4O3S. The van der Waals surface area contributed by atoms with Crippen LogP contribution in [0.5, 0.6) is 0 Å². The largest absolute Gasteiger partial charge is 0.393 e. The summed E-state index contributed by atoms with van der Waals surface area (Å²) in [6.45, 7) is 2.59. The highest BCUT2D eigenvalue weighted by Gasteiger charge is 2.33. The maximum Gasteiger partial charge on any atom is 0.274 e. The van der Waals surface area contributed by atoms with Crippen molar-refractivity contribution in [2.45, 2.75) is 44.9 Å². The molecule has 0 atom stereocenters. The average Bonchev–Trinajstić information content (AvgIpc) is 3.46. The first-order valence-corrected chi connectivity index (χ1v) is 12.9. The van der Waals surface area contributed by atoms with Crippen molar-refractivity contribution in [2.75, 3.05) is 19.6 Å². The third kappa shape index (κ3) is 4.62. The van der Waals surface area contributed by atoms with Crippen LogP contribution in [0, 0.1) is 0 Å². The molecule has 0 saturated carbocycles. The fourth-order valence-electron chi connectivity index (χ4n) is 4.71. The summed E-state index contributed by atoms with van der Waals surface area (Å²) in [5.41, 5.74) is 3.49. The van der Waals surface area contributed by atoms with Crippen molar-refractivity contribution in [1.29, 1.82) is 0 Å². The lowest BCUT2D eigenvalue weighted by Gasteiger charge is -2.30. The number of rotatable bonds is 5. The van der Waals surface area contributed by atoms with Gasteiger partial charge in [-0.2, -0.15) is 5.10 Å². The van der Waals surface area contributed by atoms with Gasteiger partial charge in [0.25, 0.3) is 11.8 Å². The van der Waals surface area contributed by atoms with E-state index >= 15 is 0 Å². The summed E-state index contributed by atoms with van der Waals surface area (Å²) in [5, 5.41) is 16.9. The van der Waals surface area contributed by atoms with Crippen molar-refractivity contribution in [3.63, 3.8) is 0 Å². The number of aromatic nitrogens is 2. The van der Waals surface area contributed by atoms with Crippen LogP contribution in [0.2, 0.25) is 5.02 Å². The van der Waals surface area contributed by atoms with E-state index in [1.807, 2.05) is 28.3 Å². The molecule has 1 saturated heterocycles. The maximum absolute atomic E-state index is 13.5. The summed E-state index contributed by atoms with van der Waals surface area (Å²) in [6, 6.07) is 11.9. The summed E-state index contributed by atoms with van der Waals surface area (Å²) in [5.74, 6) is -0.229. The molecule has 1 fully saturated rings. The Morgan fingerprint density at radius 2 is 1.82 bits per heavy atom. The van der Waals surface area contributed by atoms with Gasteiger partial charge in [0.05, 0.1) is 17.7 Å². The van der Waals surface area contributed by atoms with Crippen LogP contribution < -0.4 is 0 Å². The van der Waals surface area contributed by atoms with E-state index < -0.39 is 0 Å². The lowest BCUT2D eigenvalue weighted by molar-refractivity contribution is 0.0536. The predicted molar refractivity (Wildman–Crippen MR) is 131 cm³/mol. The molecule has 3 aromatic rings. The number of nitrogens with zero attached hydrogens (tertiary/aromatic N) is 4. The van der Waals surface area contributed by atoms with E-state index in [2.05, 4.69) is 12.1 Å². The summed E-state index contributed by atoms with van der Waals surface area (Å²) in [6.07, 6.45) is 2.24. The van der Waals surface area contributed by atoms with Gasteiger partial charge < -0.3 is 14.9 Å². The maximum atomic E-state index is 13.5. The molecular weight excluding hydrogens is 472 g/mol. The third-order valence-electron chi connectivity index (χ3n) is 6.64. The minimum Gasteiger partial charge on any atom is -0.393 e. The first-order valence-electron chi connectivity index (χ1n) is 11.6. The number of carbonyl (C=O) groups excluding carboxylic acids is 2. The number of carbonyl (C=O) groups is 2. The Bertz CT molecular complexity index is 1180. The normalized spacial score (nSPS) is 16.5. The highest BCUT2D eigenvalue weighted by molar-refractivity contribution is 7.12. The zero-order valence-corrected chi connectivity index (χ0v) is 20.4. The number of fused-ring (bicyclic) bond motifs is 1. The number of hydrogen-bond donors (Lipinski definition) is 1. The third-order valence-corrected chi connectivity index (χ3v) is 7.97. The molecule has 7 nitrogen and oxygen atoms in total. The first-order chi connectivity index (χ1) is 16.5. The summed E-state index contributed by atoms with van der Waals surface area (Å²) in [7, 11) is 0. The molecule has 1 N–H and O–H groups in total. The van der Waals surface area contributed by atoms with Gasteiger partial charge in [0.2, 0.25) is 0 Å². The molecule has 34 heavy (non-hydrogen) atoms. The van der Waals surface area contributed by atoms with Crippen molar-refractivity contribution in [3.05, 3.63) is 74.2 Å². The van der Waals surface area contributed by atoms with Crippen LogP contribution in [-0.2, 0) is 25.9 Å². The Labute approximate surface area is 207 Å². The number of likely N-dealkylation sites (tertiary alicyclic amines) is 1. The van der Waals surface area contributed by atoms with Crippen LogP contribution in [0.3, 0.4) is 0 Å². The zero-order valence-electron chi connectivity index (χ0n) is 18.8. The van der Waals surface area contributed by atoms with E-state index in [-0.39, 0.29) is 17.9 Å². The topological polar surface area (TPSA) is 78.7 Å². The van der Waals surface area contributed by atoms with Gasteiger partial charge in [0.1, 0.15) is 4.88 Å². The fourth-order valence-corrected chi connectivity index (χ4v) is 5.81. The van der Waals surface area contributed by atoms with Gasteiger partial charge in [-0.3, -0.25) is 14.3 Å². The molecule has 178 valence electrons. The highest BCUT2D eigenvalue weighted by atomic mass is 35.5. The van der Waals surface area contributed by atoms with E-state index in [9.17, 15) is 14.7 Å². The molecule has 2 amide bonds. The van der Waals surface area contributed by atoms with Gasteiger partial charge in [-0.05, 0) is 36.3 Å². The number of benzene rings is 1. The molecule has 0 aliphatic carbocycles. The number of piperidine rings is 1. The minimum atomic E-state index is -0.356. The van der Waals surface area contributed by atoms with Gasteiger partial charge in [0, 0.05) is 43.9 Å². The number of aliphatic hydroxyl groups excluding tert-OH is 1. The van der Waals surface area contributed by atoms with Gasteiger partial charge in [0.15, 0.2) is 5.69 Å². The Hall–Kier alpha value is -2.68. The summed E-state index contributed by atoms with van der Waals surface area (Å²) in [4.78, 5) is 30.7. The van der Waals surface area contributed by atoms with Gasteiger partial charge in [-0.15, -0.1) is 11.3 Å². The number of halogens is 1. The molecule has 0 unspecified atom stereocenters. The van der Waals surface area contributed by atoms with Gasteiger partial charge in [-0.1, -0.05) is 41.9 Å². The quantitative estimate of drug-likeness (QED) is 0.582. The molecule has 0 bridgehead atoms. The number of amides is 2. The van der Waals surface area contributed by atoms with E-state index in [4.69, 9.17) is 16.7 Å². The fraction of sp³-hybridized carbons (Fsp3) is 0.400. The van der Waals surface area contributed by atoms with Crippen LogP contribution in [0.1, 0.15) is 49.8 Å². The van der Waals surface area contributed by atoms with Crippen molar-refractivity contribution in [1.82, 2.24) is 19.6 Å². The number of hydrogen-bond acceptors (Lipinski definition) is 5. The molecule has 1 aromatic carbocycles. The lowest BCUT2D eigenvalue weighted by atomic mass is 10.0. The Balaban J connectivity index is 1.43. The average molecular weight is 499 g/mol. The molecule has 2 aliphatic heterocycles. The summed E-state index contributed by atoms with van der Waals surface area (Å²) >= 11 is 7.55. The van der Waals surface area contributed by atoms with Crippen LogP contribution >= 0.6 is 22.9 Å². The molecule has 9 heteroatoms. The van der Waals surface area contributed by atoms with Crippen LogP contribution in [0.25, 0.3) is 0 Å². The van der Waals surface area contributed by atoms with Crippen LogP contribution in [0.15, 0.2) is 41.8 Å². The lowest BCUT2D eigenvalue weighted by Crippen LogP contribution is -2.41. The second-order valence-corrected chi connectivity index (χ2v) is 10.2. The molecule has 4 heterocycles. The van der Waals surface area contributed by atoms with Gasteiger partial charge >= 0.3 is 0 Å². The zero-order chi connectivity index (χ0) is 23.7. The van der Waals surface area contributed by atoms with E-state index in [1.54, 1.807) is 15.9 Å². The van der Waals surface area contributed by atoms with Crippen molar-refractivity contribution >= 4 is 34.8 Å². The smallest absolute Gasteiger partial charge is 0.274 e. The second-order valence-electron chi connectivity index (χ2n) is 8.83. The van der Waals surface area contributed by atoms with E-state index in [0.29, 0.717) is 67.6 Å². The number of aliphatic hydroxyl groups is 1. The molecule has 2 aliphatic rings. The first kappa shape index (κ1) is 23.1. The number of aryl methyl sites for hydroxylation is 2. The summed E-state index contributed by atoms with van der Waals surface area (Å²) < 4.78 is 1.95. The monoisotopic (exact) mass is 498 g/mol. The predicted octanol–water partition coefficient (Wildman–Crippen LogP) is 3.64. The van der Waals surface area contributed by atoms with Crippen LogP contribution in [0.4, 0.5) is 0 Å². The van der Waals surface area contributed by atoms with Crippen LogP contribution in [-0.4, -0.2) is 62.2 Å². The Kier molecular flexibility index (Phi) is 6.72. The van der Waals surface area contributed by atoms with Crippen molar-refractivity contribution in [3.8, 4) is 0 Å². The second kappa shape index (κ2) is 9.90. The molecule has 2 aromatic heterocycles. The molecule has 0 radical (unpaired) electrons. The van der Waals surface area contributed by atoms with Crippen molar-refractivity contribution < 1.29 is 14.7 Å². The van der Waals surface area contributed by atoms with Gasteiger partial charge in [-0.25, -0.2) is 0 Å². The minimum absolute atomic E-state index is 0.109. The van der Waals surface area contributed by atoms with E-state index in [1.165, 1.54) is 16.9 Å². The Morgan fingerprint density at radius 1 is 1.06 bits per heavy atom. The highest BCUT2D eigenvalue weighted by Crippen LogP contribution is 2.29. The number of thiophene rings is 1. The van der Waals surface area contributed by atoms with E-state index in [0.717, 1.165) is 17.7 Å². The standard InChI is InChI=1S/C25H27ClN4O3S/c26-20-10-15-34-23(20)25(33)29-13-9-21-19(16-29)22(24(32)28-11-7-18(31)8-12-28)27-30(21)14-6-17-4-2-1-3-5-17/h1-5,10,15,18,31H,6-9,11-14,16H2. The SMILES string of the molecule is O=C(c1nn(CCc2ccccc2)c2c1CN(C(=O)c1sccc1Cl)CC2)N1CCC(O)CC1. The van der Waals surface area contributed by atoms with Crippen molar-refractivity contribution in [2.24, 2.45) is 0 Å².